The Kier molecular flexibility index (Phi) is 4.15. The second-order valence-corrected chi connectivity index (χ2v) is 5.91. The zero-order valence-corrected chi connectivity index (χ0v) is 13.4. The molecule has 3 aromatic rings. The highest BCUT2D eigenvalue weighted by atomic mass is 16.4. The van der Waals surface area contributed by atoms with Gasteiger partial charge < -0.3 is 9.67 Å². The molecule has 0 atom stereocenters. The van der Waals surface area contributed by atoms with Gasteiger partial charge in [-0.05, 0) is 42.7 Å². The second kappa shape index (κ2) is 6.24. The molecule has 0 spiro atoms. The number of hydrogen-bond donors (Lipinski definition) is 1. The molecule has 0 aliphatic heterocycles. The van der Waals surface area contributed by atoms with Crippen molar-refractivity contribution < 1.29 is 9.90 Å². The molecule has 0 bridgehead atoms. The molecule has 0 radical (unpaired) electrons. The number of carboxylic acid groups (broad SMARTS) is 1. The van der Waals surface area contributed by atoms with E-state index in [-0.39, 0.29) is 6.42 Å². The molecule has 0 aliphatic carbocycles. The Balaban J connectivity index is 2.07. The number of aryl methyl sites for hydroxylation is 3. The summed E-state index contributed by atoms with van der Waals surface area (Å²) in [5.74, 6) is 0.124. The third-order valence-corrected chi connectivity index (χ3v) is 4.20. The first kappa shape index (κ1) is 15.3. The molecule has 118 valence electrons. The average Bonchev–Trinajstić information content (AvgIpc) is 2.83. The van der Waals surface area contributed by atoms with E-state index in [0.717, 1.165) is 16.9 Å². The normalized spacial score (nSPS) is 11.0. The number of fused-ring (bicyclic) bond motifs is 1. The molecule has 3 rings (SSSR count). The van der Waals surface area contributed by atoms with Crippen LogP contribution in [0.3, 0.4) is 0 Å². The summed E-state index contributed by atoms with van der Waals surface area (Å²) in [5.41, 5.74) is 5.52. The molecule has 0 unspecified atom stereocenters. The van der Waals surface area contributed by atoms with Gasteiger partial charge in [-0.15, -0.1) is 0 Å². The lowest BCUT2D eigenvalue weighted by Crippen LogP contribution is -2.08. The average molecular weight is 308 g/mol. The van der Waals surface area contributed by atoms with E-state index < -0.39 is 5.97 Å². The van der Waals surface area contributed by atoms with Crippen LogP contribution < -0.4 is 0 Å². The summed E-state index contributed by atoms with van der Waals surface area (Å²) in [6.45, 7) is 4.58. The Morgan fingerprint density at radius 2 is 1.83 bits per heavy atom. The van der Waals surface area contributed by atoms with Crippen LogP contribution in [0.15, 0.2) is 42.5 Å². The molecule has 0 saturated heterocycles. The van der Waals surface area contributed by atoms with E-state index in [2.05, 4.69) is 38.1 Å². The zero-order chi connectivity index (χ0) is 16.4. The summed E-state index contributed by atoms with van der Waals surface area (Å²) in [5, 5.41) is 9.03. The lowest BCUT2D eigenvalue weighted by atomic mass is 10.1. The first-order valence-corrected chi connectivity index (χ1v) is 7.76. The van der Waals surface area contributed by atoms with E-state index in [1.54, 1.807) is 0 Å². The molecule has 23 heavy (non-hydrogen) atoms. The standard InChI is InChI=1S/C19H20N2O2/c1-13-10-16-17(11-14(13)2)21(9-8-19(22)23)18(20-16)12-15-6-4-3-5-7-15/h3-7,10-11H,8-9,12H2,1-2H3,(H,22,23). The second-order valence-electron chi connectivity index (χ2n) is 5.91. The fraction of sp³-hybridized carbons (Fsp3) is 0.263. The Labute approximate surface area is 135 Å². The van der Waals surface area contributed by atoms with E-state index in [9.17, 15) is 4.79 Å². The largest absolute Gasteiger partial charge is 0.481 e. The van der Waals surface area contributed by atoms with Crippen LogP contribution in [0.2, 0.25) is 0 Å². The van der Waals surface area contributed by atoms with Crippen LogP contribution in [-0.2, 0) is 17.8 Å². The predicted molar refractivity (Wildman–Crippen MR) is 90.7 cm³/mol. The Bertz CT molecular complexity index is 851. The van der Waals surface area contributed by atoms with Crippen molar-refractivity contribution in [2.24, 2.45) is 0 Å². The third-order valence-electron chi connectivity index (χ3n) is 4.20. The maximum atomic E-state index is 11.0. The zero-order valence-electron chi connectivity index (χ0n) is 13.4. The fourth-order valence-corrected chi connectivity index (χ4v) is 2.80. The van der Waals surface area contributed by atoms with Gasteiger partial charge in [0.2, 0.25) is 0 Å². The summed E-state index contributed by atoms with van der Waals surface area (Å²) in [7, 11) is 0. The van der Waals surface area contributed by atoms with Crippen molar-refractivity contribution in [2.75, 3.05) is 0 Å². The summed E-state index contributed by atoms with van der Waals surface area (Å²) in [6.07, 6.45) is 0.799. The summed E-state index contributed by atoms with van der Waals surface area (Å²) < 4.78 is 2.04. The van der Waals surface area contributed by atoms with E-state index in [0.29, 0.717) is 13.0 Å². The van der Waals surface area contributed by atoms with Crippen molar-refractivity contribution in [1.82, 2.24) is 9.55 Å². The Morgan fingerprint density at radius 1 is 1.13 bits per heavy atom. The number of nitrogens with zero attached hydrogens (tertiary/aromatic N) is 2. The summed E-state index contributed by atoms with van der Waals surface area (Å²) in [6, 6.07) is 14.3. The molecule has 4 heteroatoms. The number of aromatic nitrogens is 2. The smallest absolute Gasteiger partial charge is 0.305 e. The number of rotatable bonds is 5. The first-order chi connectivity index (χ1) is 11.0. The molecule has 1 aromatic heterocycles. The molecular weight excluding hydrogens is 288 g/mol. The van der Waals surface area contributed by atoms with Crippen LogP contribution >= 0.6 is 0 Å². The van der Waals surface area contributed by atoms with Crippen LogP contribution in [-0.4, -0.2) is 20.6 Å². The molecular formula is C19H20N2O2. The van der Waals surface area contributed by atoms with Crippen molar-refractivity contribution in [2.45, 2.75) is 33.2 Å². The van der Waals surface area contributed by atoms with Crippen LogP contribution in [0, 0.1) is 13.8 Å². The van der Waals surface area contributed by atoms with Crippen LogP contribution in [0.4, 0.5) is 0 Å². The SMILES string of the molecule is Cc1cc2nc(Cc3ccccc3)n(CCC(=O)O)c2cc1C. The van der Waals surface area contributed by atoms with Gasteiger partial charge >= 0.3 is 5.97 Å². The highest BCUT2D eigenvalue weighted by Gasteiger charge is 2.13. The lowest BCUT2D eigenvalue weighted by Gasteiger charge is -2.09. The van der Waals surface area contributed by atoms with Crippen LogP contribution in [0.25, 0.3) is 11.0 Å². The third kappa shape index (κ3) is 3.26. The van der Waals surface area contributed by atoms with Crippen molar-refractivity contribution in [3.8, 4) is 0 Å². The highest BCUT2D eigenvalue weighted by Crippen LogP contribution is 2.23. The van der Waals surface area contributed by atoms with Crippen LogP contribution in [0.1, 0.15) is 28.9 Å². The van der Waals surface area contributed by atoms with Gasteiger partial charge in [-0.3, -0.25) is 4.79 Å². The van der Waals surface area contributed by atoms with Gasteiger partial charge in [0.1, 0.15) is 5.82 Å². The van der Waals surface area contributed by atoms with Gasteiger partial charge in [-0.25, -0.2) is 4.98 Å². The van der Waals surface area contributed by atoms with Crippen molar-refractivity contribution >= 4 is 17.0 Å². The van der Waals surface area contributed by atoms with Gasteiger partial charge in [0.05, 0.1) is 17.5 Å². The molecule has 1 N–H and O–H groups in total. The van der Waals surface area contributed by atoms with Crippen molar-refractivity contribution in [3.05, 3.63) is 65.0 Å². The van der Waals surface area contributed by atoms with Crippen molar-refractivity contribution in [3.63, 3.8) is 0 Å². The summed E-state index contributed by atoms with van der Waals surface area (Å²) in [4.78, 5) is 15.7. The predicted octanol–water partition coefficient (Wildman–Crippen LogP) is 3.72. The van der Waals surface area contributed by atoms with E-state index in [1.165, 1.54) is 16.7 Å². The number of aliphatic carboxylic acids is 1. The molecule has 4 nitrogen and oxygen atoms in total. The minimum absolute atomic E-state index is 0.0974. The lowest BCUT2D eigenvalue weighted by molar-refractivity contribution is -0.137. The van der Waals surface area contributed by atoms with E-state index >= 15 is 0 Å². The fourth-order valence-electron chi connectivity index (χ4n) is 2.80. The van der Waals surface area contributed by atoms with Gasteiger partial charge in [0, 0.05) is 13.0 Å². The minimum atomic E-state index is -0.790. The number of carbonyl (C=O) groups is 1. The summed E-state index contributed by atoms with van der Waals surface area (Å²) >= 11 is 0. The van der Waals surface area contributed by atoms with Gasteiger partial charge in [0.25, 0.3) is 0 Å². The Hall–Kier alpha value is -2.62. The molecule has 0 amide bonds. The highest BCUT2D eigenvalue weighted by molar-refractivity contribution is 5.78. The van der Waals surface area contributed by atoms with E-state index in [4.69, 9.17) is 10.1 Å². The molecule has 0 fully saturated rings. The van der Waals surface area contributed by atoms with Gasteiger partial charge in [-0.1, -0.05) is 30.3 Å². The quantitative estimate of drug-likeness (QED) is 0.781. The van der Waals surface area contributed by atoms with Crippen molar-refractivity contribution in [1.29, 1.82) is 0 Å². The van der Waals surface area contributed by atoms with Gasteiger partial charge in [-0.2, -0.15) is 0 Å². The first-order valence-electron chi connectivity index (χ1n) is 7.76. The maximum absolute atomic E-state index is 11.0. The molecule has 2 aromatic carbocycles. The minimum Gasteiger partial charge on any atom is -0.481 e. The maximum Gasteiger partial charge on any atom is 0.305 e. The van der Waals surface area contributed by atoms with E-state index in [1.807, 2.05) is 22.8 Å². The monoisotopic (exact) mass is 308 g/mol. The Morgan fingerprint density at radius 3 is 2.52 bits per heavy atom. The molecule has 1 heterocycles. The number of carboxylic acids is 1. The topological polar surface area (TPSA) is 55.1 Å². The number of benzene rings is 2. The number of hydrogen-bond acceptors (Lipinski definition) is 2. The van der Waals surface area contributed by atoms with Crippen LogP contribution in [0.5, 0.6) is 0 Å². The molecule has 0 aliphatic rings. The molecule has 0 saturated carbocycles. The number of imidazole rings is 1. The van der Waals surface area contributed by atoms with Gasteiger partial charge in [0.15, 0.2) is 0 Å².